The van der Waals surface area contributed by atoms with E-state index in [1.54, 1.807) is 18.5 Å². The third kappa shape index (κ3) is 2.88. The fourth-order valence-electron chi connectivity index (χ4n) is 4.34. The van der Waals surface area contributed by atoms with E-state index in [9.17, 15) is 4.79 Å². The molecule has 2 aliphatic rings. The molecule has 0 aromatic carbocycles. The lowest BCUT2D eigenvalue weighted by molar-refractivity contribution is 0.109. The van der Waals surface area contributed by atoms with Crippen molar-refractivity contribution in [2.75, 3.05) is 19.6 Å². The van der Waals surface area contributed by atoms with Crippen LogP contribution in [0.5, 0.6) is 0 Å². The van der Waals surface area contributed by atoms with Crippen LogP contribution in [0.2, 0.25) is 0 Å². The second-order valence-electron chi connectivity index (χ2n) is 7.66. The maximum atomic E-state index is 12.7. The Kier molecular flexibility index (Phi) is 3.96. The SMILES string of the molecule is CC(C)CN1C[C@@H]2C[C@H](C1)c1cc(-c3cncnc3)cc(=O)n1C2. The van der Waals surface area contributed by atoms with Crippen LogP contribution in [-0.2, 0) is 6.54 Å². The van der Waals surface area contributed by atoms with Crippen molar-refractivity contribution in [2.45, 2.75) is 32.7 Å². The quantitative estimate of drug-likeness (QED) is 0.870. The Bertz CT molecular complexity index is 784. The number of piperidine rings is 1. The van der Waals surface area contributed by atoms with Crippen LogP contribution in [-0.4, -0.2) is 39.1 Å². The molecule has 2 aromatic heterocycles. The molecule has 0 N–H and O–H groups in total. The fraction of sp³-hybridized carbons (Fsp3) is 0.526. The molecule has 4 heterocycles. The second kappa shape index (κ2) is 6.13. The van der Waals surface area contributed by atoms with Crippen molar-refractivity contribution in [1.29, 1.82) is 0 Å². The molecule has 24 heavy (non-hydrogen) atoms. The van der Waals surface area contributed by atoms with Gasteiger partial charge in [-0.15, -0.1) is 0 Å². The minimum atomic E-state index is 0.110. The van der Waals surface area contributed by atoms with E-state index in [4.69, 9.17) is 0 Å². The first-order chi connectivity index (χ1) is 11.6. The molecule has 0 spiro atoms. The molecule has 2 aliphatic heterocycles. The Hall–Kier alpha value is -2.01. The lowest BCUT2D eigenvalue weighted by atomic mass is 9.82. The molecule has 126 valence electrons. The summed E-state index contributed by atoms with van der Waals surface area (Å²) >= 11 is 0. The molecule has 0 aliphatic carbocycles. The van der Waals surface area contributed by atoms with Crippen LogP contribution >= 0.6 is 0 Å². The summed E-state index contributed by atoms with van der Waals surface area (Å²) in [5.41, 5.74) is 3.14. The summed E-state index contributed by atoms with van der Waals surface area (Å²) in [5.74, 6) is 1.73. The van der Waals surface area contributed by atoms with E-state index < -0.39 is 0 Å². The van der Waals surface area contributed by atoms with Crippen LogP contribution in [0.25, 0.3) is 11.1 Å². The number of fused-ring (bicyclic) bond motifs is 4. The van der Waals surface area contributed by atoms with Gasteiger partial charge in [0, 0.05) is 61.8 Å². The van der Waals surface area contributed by atoms with Crippen LogP contribution in [0, 0.1) is 11.8 Å². The van der Waals surface area contributed by atoms with Crippen molar-refractivity contribution in [3.63, 3.8) is 0 Å². The van der Waals surface area contributed by atoms with Crippen molar-refractivity contribution in [3.05, 3.63) is 46.9 Å². The standard InChI is InChI=1S/C19H24N4O/c1-13(2)8-22-9-14-3-16(11-22)18-4-15(5-19(24)23(18)10-14)17-6-20-12-21-7-17/h4-7,12-14,16H,3,8-11H2,1-2H3/t14-,16+/m0/s1. The van der Waals surface area contributed by atoms with Crippen LogP contribution in [0.15, 0.2) is 35.6 Å². The number of aromatic nitrogens is 3. The topological polar surface area (TPSA) is 51.0 Å². The average Bonchev–Trinajstić information content (AvgIpc) is 2.56. The molecule has 5 heteroatoms. The minimum Gasteiger partial charge on any atom is -0.312 e. The van der Waals surface area contributed by atoms with Gasteiger partial charge >= 0.3 is 0 Å². The van der Waals surface area contributed by atoms with Crippen molar-refractivity contribution in [2.24, 2.45) is 11.8 Å². The predicted octanol–water partition coefficient (Wildman–Crippen LogP) is 2.38. The zero-order valence-electron chi connectivity index (χ0n) is 14.4. The number of hydrogen-bond donors (Lipinski definition) is 0. The highest BCUT2D eigenvalue weighted by molar-refractivity contribution is 5.61. The molecule has 1 saturated heterocycles. The zero-order valence-corrected chi connectivity index (χ0v) is 14.4. The third-order valence-electron chi connectivity index (χ3n) is 5.15. The molecule has 2 aromatic rings. The molecule has 2 bridgehead atoms. The lowest BCUT2D eigenvalue weighted by Gasteiger charge is -2.43. The van der Waals surface area contributed by atoms with Crippen molar-refractivity contribution >= 4 is 0 Å². The van der Waals surface area contributed by atoms with Crippen molar-refractivity contribution in [1.82, 2.24) is 19.4 Å². The molecule has 0 unspecified atom stereocenters. The van der Waals surface area contributed by atoms with Gasteiger partial charge in [0.1, 0.15) is 6.33 Å². The average molecular weight is 324 g/mol. The molecular weight excluding hydrogens is 300 g/mol. The third-order valence-corrected chi connectivity index (χ3v) is 5.15. The van der Waals surface area contributed by atoms with Crippen molar-refractivity contribution in [3.8, 4) is 11.1 Å². The highest BCUT2D eigenvalue weighted by Gasteiger charge is 2.34. The molecule has 0 radical (unpaired) electrons. The first-order valence-corrected chi connectivity index (χ1v) is 8.82. The van der Waals surface area contributed by atoms with Gasteiger partial charge in [-0.3, -0.25) is 4.79 Å². The number of pyridine rings is 1. The summed E-state index contributed by atoms with van der Waals surface area (Å²) in [4.78, 5) is 23.4. The van der Waals surface area contributed by atoms with E-state index >= 15 is 0 Å². The minimum absolute atomic E-state index is 0.110. The predicted molar refractivity (Wildman–Crippen MR) is 93.9 cm³/mol. The highest BCUT2D eigenvalue weighted by atomic mass is 16.1. The van der Waals surface area contributed by atoms with Gasteiger partial charge in [0.05, 0.1) is 0 Å². The maximum Gasteiger partial charge on any atom is 0.251 e. The number of hydrogen-bond acceptors (Lipinski definition) is 4. The smallest absolute Gasteiger partial charge is 0.251 e. The molecule has 2 atom stereocenters. The number of nitrogens with zero attached hydrogens (tertiary/aromatic N) is 4. The van der Waals surface area contributed by atoms with E-state index in [2.05, 4.69) is 34.8 Å². The molecule has 5 nitrogen and oxygen atoms in total. The number of likely N-dealkylation sites (tertiary alicyclic amines) is 1. The monoisotopic (exact) mass is 324 g/mol. The molecule has 4 rings (SSSR count). The van der Waals surface area contributed by atoms with E-state index in [-0.39, 0.29) is 5.56 Å². The summed E-state index contributed by atoms with van der Waals surface area (Å²) in [6.07, 6.45) is 6.26. The first-order valence-electron chi connectivity index (χ1n) is 8.82. The summed E-state index contributed by atoms with van der Waals surface area (Å²) < 4.78 is 2.00. The molecule has 0 saturated carbocycles. The largest absolute Gasteiger partial charge is 0.312 e. The van der Waals surface area contributed by atoms with Gasteiger partial charge in [0.15, 0.2) is 0 Å². The molecular formula is C19H24N4O. The van der Waals surface area contributed by atoms with E-state index in [1.807, 2.05) is 4.57 Å². The summed E-state index contributed by atoms with van der Waals surface area (Å²) in [6.45, 7) is 8.72. The number of rotatable bonds is 3. The Morgan fingerprint density at radius 3 is 2.67 bits per heavy atom. The normalized spacial score (nSPS) is 23.3. The zero-order chi connectivity index (χ0) is 16.7. The van der Waals surface area contributed by atoms with Gasteiger partial charge in [-0.05, 0) is 29.9 Å². The van der Waals surface area contributed by atoms with Crippen LogP contribution < -0.4 is 5.56 Å². The van der Waals surface area contributed by atoms with Crippen LogP contribution in [0.4, 0.5) is 0 Å². The lowest BCUT2D eigenvalue weighted by Crippen LogP contribution is -2.48. The summed E-state index contributed by atoms with van der Waals surface area (Å²) in [7, 11) is 0. The van der Waals surface area contributed by atoms with Gasteiger partial charge in [-0.1, -0.05) is 13.8 Å². The van der Waals surface area contributed by atoms with E-state index in [1.165, 1.54) is 18.4 Å². The van der Waals surface area contributed by atoms with Crippen LogP contribution in [0.1, 0.15) is 31.9 Å². The second-order valence-corrected chi connectivity index (χ2v) is 7.66. The molecule has 1 fully saturated rings. The van der Waals surface area contributed by atoms with E-state index in [0.717, 1.165) is 37.3 Å². The highest BCUT2D eigenvalue weighted by Crippen LogP contribution is 2.36. The summed E-state index contributed by atoms with van der Waals surface area (Å²) in [5, 5.41) is 0. The fourth-order valence-corrected chi connectivity index (χ4v) is 4.34. The van der Waals surface area contributed by atoms with E-state index in [0.29, 0.717) is 17.8 Å². The Morgan fingerprint density at radius 1 is 1.12 bits per heavy atom. The van der Waals surface area contributed by atoms with Crippen molar-refractivity contribution < 1.29 is 0 Å². The summed E-state index contributed by atoms with van der Waals surface area (Å²) in [6, 6.07) is 3.91. The van der Waals surface area contributed by atoms with Gasteiger partial charge in [0.25, 0.3) is 5.56 Å². The Balaban J connectivity index is 1.71. The van der Waals surface area contributed by atoms with Gasteiger partial charge in [-0.2, -0.15) is 0 Å². The maximum absolute atomic E-state index is 12.7. The van der Waals surface area contributed by atoms with Gasteiger partial charge in [-0.25, -0.2) is 9.97 Å². The molecule has 0 amide bonds. The Labute approximate surface area is 142 Å². The first kappa shape index (κ1) is 15.5. The van der Waals surface area contributed by atoms with Gasteiger partial charge in [0.2, 0.25) is 0 Å². The Morgan fingerprint density at radius 2 is 1.92 bits per heavy atom. The van der Waals surface area contributed by atoms with Crippen LogP contribution in [0.3, 0.4) is 0 Å². The van der Waals surface area contributed by atoms with Gasteiger partial charge < -0.3 is 9.47 Å².